The number of aryl methyl sites for hydroxylation is 1. The highest BCUT2D eigenvalue weighted by atomic mass is 79.9. The lowest BCUT2D eigenvalue weighted by molar-refractivity contribution is -0.747. The van der Waals surface area contributed by atoms with Crippen LogP contribution in [-0.2, 0) is 0 Å². The van der Waals surface area contributed by atoms with Gasteiger partial charge in [-0.15, -0.1) is 0 Å². The van der Waals surface area contributed by atoms with E-state index in [0.717, 1.165) is 28.6 Å². The van der Waals surface area contributed by atoms with Gasteiger partial charge in [0.2, 0.25) is 11.8 Å². The van der Waals surface area contributed by atoms with E-state index in [4.69, 9.17) is 5.41 Å². The number of nitrogens with zero attached hydrogens (tertiary/aromatic N) is 3. The highest BCUT2D eigenvalue weighted by Crippen LogP contribution is 2.52. The molecule has 1 aliphatic carbocycles. The molecule has 1 aromatic heterocycles. The molecule has 1 fully saturated rings. The Labute approximate surface area is 189 Å². The number of benzene rings is 1. The van der Waals surface area contributed by atoms with Crippen LogP contribution in [0.1, 0.15) is 36.1 Å². The molecule has 3 unspecified atom stereocenters. The van der Waals surface area contributed by atoms with Crippen LogP contribution in [0.3, 0.4) is 0 Å². The first-order valence-electron chi connectivity index (χ1n) is 10.0. The Morgan fingerprint density at radius 2 is 1.94 bits per heavy atom. The van der Waals surface area contributed by atoms with Crippen LogP contribution in [0.25, 0.3) is 0 Å². The molecule has 0 bridgehead atoms. The molecule has 1 saturated carbocycles. The van der Waals surface area contributed by atoms with Gasteiger partial charge in [-0.25, -0.2) is 0 Å². The van der Waals surface area contributed by atoms with Crippen molar-refractivity contribution in [3.8, 4) is 12.1 Å². The number of aromatic nitrogens is 1. The fraction of sp³-hybridized carbons (Fsp3) is 0.292. The van der Waals surface area contributed by atoms with E-state index in [1.165, 1.54) is 0 Å². The van der Waals surface area contributed by atoms with Crippen LogP contribution in [0.4, 0.5) is 0 Å². The fourth-order valence-electron chi connectivity index (χ4n) is 4.49. The summed E-state index contributed by atoms with van der Waals surface area (Å²) in [6, 6.07) is 17.2. The summed E-state index contributed by atoms with van der Waals surface area (Å²) in [4.78, 5) is 0. The van der Waals surface area contributed by atoms with Crippen LogP contribution in [-0.4, -0.2) is 16.7 Å². The summed E-state index contributed by atoms with van der Waals surface area (Å²) in [6.07, 6.45) is 3.59. The number of nitrogens with one attached hydrogen (secondary N) is 2. The number of hydrogen-bond donors (Lipinski definition) is 3. The van der Waals surface area contributed by atoms with Gasteiger partial charge >= 0.3 is 0 Å². The Hall–Kier alpha value is -3.22. The SMILES string of the molecule is Cc1cccc[n+]1C1C(c2ccc(Br)cc2)C(C#N)=C(C(=C=N)C#N)NC1(O)C1CC1. The molecule has 0 saturated heterocycles. The zero-order valence-corrected chi connectivity index (χ0v) is 18.5. The van der Waals surface area contributed by atoms with E-state index < -0.39 is 17.7 Å². The maximum atomic E-state index is 12.1. The molecule has 2 heterocycles. The smallest absolute Gasteiger partial charge is 0.217 e. The van der Waals surface area contributed by atoms with Crippen molar-refractivity contribution in [3.63, 3.8) is 0 Å². The summed E-state index contributed by atoms with van der Waals surface area (Å²) < 4.78 is 2.91. The van der Waals surface area contributed by atoms with Gasteiger partial charge in [0.25, 0.3) is 0 Å². The van der Waals surface area contributed by atoms with Gasteiger partial charge in [0, 0.05) is 29.4 Å². The van der Waals surface area contributed by atoms with E-state index in [9.17, 15) is 15.6 Å². The molecule has 4 rings (SSSR count). The minimum Gasteiger partial charge on any atom is -0.365 e. The molecular weight excluding hydrogens is 454 g/mol. The van der Waals surface area contributed by atoms with Gasteiger partial charge in [0.15, 0.2) is 11.9 Å². The molecule has 2 aromatic rings. The Morgan fingerprint density at radius 3 is 2.48 bits per heavy atom. The van der Waals surface area contributed by atoms with E-state index in [1.807, 2.05) is 66.2 Å². The maximum Gasteiger partial charge on any atom is 0.217 e. The normalized spacial score (nSPS) is 25.1. The van der Waals surface area contributed by atoms with Crippen molar-refractivity contribution >= 4 is 21.8 Å². The van der Waals surface area contributed by atoms with Crippen molar-refractivity contribution in [2.45, 2.75) is 37.5 Å². The molecule has 31 heavy (non-hydrogen) atoms. The van der Waals surface area contributed by atoms with Gasteiger partial charge in [-0.05, 0) is 36.4 Å². The Balaban J connectivity index is 2.06. The third kappa shape index (κ3) is 3.58. The van der Waals surface area contributed by atoms with Crippen LogP contribution < -0.4 is 9.88 Å². The molecule has 7 heteroatoms. The van der Waals surface area contributed by atoms with Gasteiger partial charge in [0.05, 0.1) is 23.3 Å². The van der Waals surface area contributed by atoms with Crippen molar-refractivity contribution < 1.29 is 9.67 Å². The Bertz CT molecular complexity index is 1200. The van der Waals surface area contributed by atoms with Crippen molar-refractivity contribution in [1.82, 2.24) is 5.32 Å². The number of pyridine rings is 1. The van der Waals surface area contributed by atoms with Crippen molar-refractivity contribution in [3.05, 3.63) is 81.2 Å². The standard InChI is InChI=1S/C24H21BrN5O/c1-15-4-2-3-11-30(15)23-21(16-5-9-19(25)10-6-16)20(14-28)22(17(12-26)13-27)29-24(23,31)18-7-8-18/h2-6,9-11,18,21,23,26,29,31H,7-8H2,1H3/q+1. The molecule has 154 valence electrons. The first kappa shape index (κ1) is 21.0. The molecule has 1 aliphatic heterocycles. The minimum atomic E-state index is -1.40. The molecule has 1 aromatic carbocycles. The maximum absolute atomic E-state index is 12.1. The van der Waals surface area contributed by atoms with Crippen molar-refractivity contribution in [2.24, 2.45) is 5.92 Å². The summed E-state index contributed by atoms with van der Waals surface area (Å²) in [6.45, 7) is 1.97. The summed E-state index contributed by atoms with van der Waals surface area (Å²) in [5, 5.41) is 42.5. The first-order valence-corrected chi connectivity index (χ1v) is 10.8. The average molecular weight is 475 g/mol. The molecule has 0 spiro atoms. The van der Waals surface area contributed by atoms with Gasteiger partial charge < -0.3 is 10.4 Å². The van der Waals surface area contributed by atoms with Gasteiger partial charge in [0.1, 0.15) is 11.6 Å². The zero-order valence-electron chi connectivity index (χ0n) is 16.9. The molecule has 3 N–H and O–H groups in total. The predicted molar refractivity (Wildman–Crippen MR) is 118 cm³/mol. The van der Waals surface area contributed by atoms with E-state index >= 15 is 0 Å². The fourth-order valence-corrected chi connectivity index (χ4v) is 4.75. The number of rotatable bonds is 4. The number of halogens is 1. The van der Waals surface area contributed by atoms with Crippen LogP contribution in [0, 0.1) is 40.9 Å². The highest BCUT2D eigenvalue weighted by molar-refractivity contribution is 9.10. The predicted octanol–water partition coefficient (Wildman–Crippen LogP) is 3.55. The minimum absolute atomic E-state index is 0.0385. The summed E-state index contributed by atoms with van der Waals surface area (Å²) in [5.74, 6) is 1.57. The van der Waals surface area contributed by atoms with E-state index in [1.54, 1.807) is 0 Å². The molecular formula is C24H21BrN5O+. The average Bonchev–Trinajstić information content (AvgIpc) is 3.62. The van der Waals surface area contributed by atoms with Crippen LogP contribution >= 0.6 is 15.9 Å². The number of hydrogen-bond acceptors (Lipinski definition) is 5. The van der Waals surface area contributed by atoms with E-state index in [2.05, 4.69) is 33.2 Å². The van der Waals surface area contributed by atoms with Gasteiger partial charge in [-0.3, -0.25) is 5.41 Å². The molecule has 3 atom stereocenters. The lowest BCUT2D eigenvalue weighted by Crippen LogP contribution is -2.66. The number of allylic oxidation sites excluding steroid dienone is 2. The van der Waals surface area contributed by atoms with Crippen LogP contribution in [0.5, 0.6) is 0 Å². The van der Waals surface area contributed by atoms with Crippen LogP contribution in [0.2, 0.25) is 0 Å². The monoisotopic (exact) mass is 474 g/mol. The summed E-state index contributed by atoms with van der Waals surface area (Å²) in [5.41, 5.74) is 0.798. The molecule has 6 nitrogen and oxygen atoms in total. The van der Waals surface area contributed by atoms with Crippen molar-refractivity contribution in [2.75, 3.05) is 0 Å². The van der Waals surface area contributed by atoms with E-state index in [-0.39, 0.29) is 17.2 Å². The largest absolute Gasteiger partial charge is 0.365 e. The van der Waals surface area contributed by atoms with E-state index in [0.29, 0.717) is 5.57 Å². The van der Waals surface area contributed by atoms with Crippen molar-refractivity contribution in [1.29, 1.82) is 15.9 Å². The molecule has 0 radical (unpaired) electrons. The van der Waals surface area contributed by atoms with Crippen LogP contribution in [0.15, 0.2) is 70.0 Å². The lowest BCUT2D eigenvalue weighted by atomic mass is 9.73. The third-order valence-corrected chi connectivity index (χ3v) is 6.64. The number of nitriles is 2. The Kier molecular flexibility index (Phi) is 5.52. The molecule has 2 aliphatic rings. The second-order valence-corrected chi connectivity index (χ2v) is 8.88. The third-order valence-electron chi connectivity index (χ3n) is 6.11. The first-order chi connectivity index (χ1) is 14.9. The Morgan fingerprint density at radius 1 is 1.23 bits per heavy atom. The highest BCUT2D eigenvalue weighted by Gasteiger charge is 2.61. The lowest BCUT2D eigenvalue weighted by Gasteiger charge is -2.43. The quantitative estimate of drug-likeness (QED) is 0.357. The summed E-state index contributed by atoms with van der Waals surface area (Å²) >= 11 is 3.46. The number of aliphatic hydroxyl groups is 1. The second kappa shape index (κ2) is 8.13. The van der Waals surface area contributed by atoms with Gasteiger partial charge in [-0.2, -0.15) is 15.1 Å². The van der Waals surface area contributed by atoms with Gasteiger partial charge in [-0.1, -0.05) is 34.1 Å². The second-order valence-electron chi connectivity index (χ2n) is 7.96. The topological polar surface area (TPSA) is 108 Å². The summed E-state index contributed by atoms with van der Waals surface area (Å²) in [7, 11) is 0. The molecule has 0 amide bonds. The zero-order chi connectivity index (χ0) is 22.2.